The van der Waals surface area contributed by atoms with Gasteiger partial charge in [0.1, 0.15) is 25.3 Å². The van der Waals surface area contributed by atoms with E-state index in [0.717, 1.165) is 5.57 Å². The van der Waals surface area contributed by atoms with E-state index in [4.69, 9.17) is 0 Å². The van der Waals surface area contributed by atoms with Gasteiger partial charge in [-0.25, -0.2) is 18.1 Å². The van der Waals surface area contributed by atoms with Gasteiger partial charge in [-0.3, -0.25) is 4.79 Å². The number of hydrogen-bond donors (Lipinski definition) is 2. The molecule has 0 bridgehead atoms. The van der Waals surface area contributed by atoms with Gasteiger partial charge in [0, 0.05) is 31.8 Å². The molecule has 1 saturated heterocycles. The van der Waals surface area contributed by atoms with E-state index in [1.54, 1.807) is 36.3 Å². The number of rotatable bonds is 3. The van der Waals surface area contributed by atoms with Crippen molar-refractivity contribution < 1.29 is 27.3 Å². The number of phenols is 1. The lowest BCUT2D eigenvalue weighted by Gasteiger charge is -2.21. The van der Waals surface area contributed by atoms with E-state index in [-0.39, 0.29) is 5.39 Å². The zero-order valence-corrected chi connectivity index (χ0v) is 17.4. The molecule has 11 heteroatoms. The van der Waals surface area contributed by atoms with Crippen molar-refractivity contribution in [1.29, 1.82) is 0 Å². The molecule has 1 amide bonds. The van der Waals surface area contributed by atoms with Crippen molar-refractivity contribution in [3.8, 4) is 5.75 Å². The average Bonchev–Trinajstić information content (AvgIpc) is 3.19. The molecule has 0 aliphatic carbocycles. The van der Waals surface area contributed by atoms with Gasteiger partial charge in [0.2, 0.25) is 0 Å². The van der Waals surface area contributed by atoms with Crippen LogP contribution in [-0.4, -0.2) is 57.1 Å². The number of carbonyl (C=O) groups excluding carboxylic acids is 1. The molecular weight excluding hydrogens is 420 g/mol. The van der Waals surface area contributed by atoms with Gasteiger partial charge in [-0.2, -0.15) is 8.42 Å². The van der Waals surface area contributed by atoms with Crippen LogP contribution in [-0.2, 0) is 19.6 Å². The molecule has 8 nitrogen and oxygen atoms in total. The molecular formula is C18H19FN3O5PS. The highest BCUT2D eigenvalue weighted by molar-refractivity contribution is 7.92. The maximum absolute atomic E-state index is 15.3. The van der Waals surface area contributed by atoms with E-state index in [0.29, 0.717) is 28.3 Å². The summed E-state index contributed by atoms with van der Waals surface area (Å²) in [4.78, 5) is 11.5. The second kappa shape index (κ2) is 6.55. The largest absolute Gasteiger partial charge is 0.506 e. The second-order valence-electron chi connectivity index (χ2n) is 7.40. The molecule has 4 rings (SSSR count). The maximum Gasteiger partial charge on any atom is 0.326 e. The van der Waals surface area contributed by atoms with Crippen molar-refractivity contribution in [3.05, 3.63) is 41.7 Å². The summed E-state index contributed by atoms with van der Waals surface area (Å²) in [5, 5.41) is 10.7. The minimum absolute atomic E-state index is 0.111. The van der Waals surface area contributed by atoms with Crippen LogP contribution in [0.5, 0.6) is 5.75 Å². The predicted molar refractivity (Wildman–Crippen MR) is 109 cm³/mol. The standard InChI is InChI=1S/C18H19FN3O5PS/c1-28(2,25)21-6-5-13(9-21)11-3-4-12-8-15(23)18(17(19)14(12)7-11)22-10-16(24)20-29(22,26)27/h3-5,7-8,23H,6,9-10H2,1-2H3,(H,20,24). The number of nitrogens with one attached hydrogen (secondary N) is 1. The predicted octanol–water partition coefficient (Wildman–Crippen LogP) is 2.10. The van der Waals surface area contributed by atoms with Crippen molar-refractivity contribution in [2.45, 2.75) is 0 Å². The zero-order valence-electron chi connectivity index (χ0n) is 15.7. The fourth-order valence-electron chi connectivity index (χ4n) is 3.53. The molecule has 2 aromatic rings. The molecule has 154 valence electrons. The molecule has 0 saturated carbocycles. The fraction of sp³-hybridized carbons (Fsp3) is 0.278. The summed E-state index contributed by atoms with van der Waals surface area (Å²) >= 11 is 0. The van der Waals surface area contributed by atoms with Gasteiger partial charge in [0.05, 0.1) is 0 Å². The fourth-order valence-corrected chi connectivity index (χ4v) is 5.66. The lowest BCUT2D eigenvalue weighted by atomic mass is 10.0. The highest BCUT2D eigenvalue weighted by Crippen LogP contribution is 2.45. The Labute approximate surface area is 167 Å². The Kier molecular flexibility index (Phi) is 4.49. The molecule has 0 atom stereocenters. The van der Waals surface area contributed by atoms with Crippen LogP contribution < -0.4 is 9.03 Å². The molecule has 0 aromatic heterocycles. The summed E-state index contributed by atoms with van der Waals surface area (Å²) in [5.41, 5.74) is 1.03. The summed E-state index contributed by atoms with van der Waals surface area (Å²) in [6, 6.07) is 6.22. The minimum Gasteiger partial charge on any atom is -0.506 e. The van der Waals surface area contributed by atoms with Crippen LogP contribution in [0.4, 0.5) is 10.1 Å². The number of halogens is 1. The number of nitrogens with zero attached hydrogens (tertiary/aromatic N) is 2. The number of benzene rings is 2. The number of anilines is 1. The molecule has 29 heavy (non-hydrogen) atoms. The number of amides is 1. The first-order valence-electron chi connectivity index (χ1n) is 8.76. The van der Waals surface area contributed by atoms with E-state index < -0.39 is 47.2 Å². The van der Waals surface area contributed by atoms with Crippen LogP contribution in [0, 0.1) is 5.82 Å². The Morgan fingerprint density at radius 3 is 2.52 bits per heavy atom. The number of fused-ring (bicyclic) bond motifs is 1. The van der Waals surface area contributed by atoms with Gasteiger partial charge in [-0.1, -0.05) is 18.2 Å². The second-order valence-corrected chi connectivity index (χ2v) is 12.2. The number of carbonyl (C=O) groups is 1. The van der Waals surface area contributed by atoms with Crippen LogP contribution in [0.2, 0.25) is 0 Å². The van der Waals surface area contributed by atoms with Crippen LogP contribution >= 0.6 is 7.29 Å². The lowest BCUT2D eigenvalue weighted by Crippen LogP contribution is -2.30. The van der Waals surface area contributed by atoms with Crippen molar-refractivity contribution in [1.82, 2.24) is 9.39 Å². The van der Waals surface area contributed by atoms with Gasteiger partial charge >= 0.3 is 10.2 Å². The first kappa shape index (κ1) is 19.9. The van der Waals surface area contributed by atoms with Gasteiger partial charge in [0.15, 0.2) is 5.82 Å². The Bertz CT molecular complexity index is 1240. The van der Waals surface area contributed by atoms with Crippen LogP contribution in [0.3, 0.4) is 0 Å². The minimum atomic E-state index is -4.27. The first-order chi connectivity index (χ1) is 13.5. The third-order valence-electron chi connectivity index (χ3n) is 5.06. The van der Waals surface area contributed by atoms with Gasteiger partial charge in [-0.15, -0.1) is 0 Å². The highest BCUT2D eigenvalue weighted by Gasteiger charge is 2.38. The Morgan fingerprint density at radius 1 is 1.21 bits per heavy atom. The van der Waals surface area contributed by atoms with E-state index in [9.17, 15) is 22.9 Å². The first-order valence-corrected chi connectivity index (χ1v) is 12.7. The quantitative estimate of drug-likeness (QED) is 0.710. The van der Waals surface area contributed by atoms with Gasteiger partial charge < -0.3 is 9.67 Å². The van der Waals surface area contributed by atoms with Gasteiger partial charge in [0.25, 0.3) is 5.91 Å². The summed E-state index contributed by atoms with van der Waals surface area (Å²) in [7, 11) is -6.68. The zero-order chi connectivity index (χ0) is 21.1. The Morgan fingerprint density at radius 2 is 1.93 bits per heavy atom. The molecule has 2 aromatic carbocycles. The van der Waals surface area contributed by atoms with Crippen LogP contribution in [0.1, 0.15) is 5.56 Å². The number of hydrogen-bond acceptors (Lipinski definition) is 5. The molecule has 2 aliphatic rings. The van der Waals surface area contributed by atoms with Crippen LogP contribution in [0.25, 0.3) is 16.3 Å². The third-order valence-corrected chi connectivity index (χ3v) is 8.10. The monoisotopic (exact) mass is 439 g/mol. The summed E-state index contributed by atoms with van der Waals surface area (Å²) < 4.78 is 55.9. The maximum atomic E-state index is 15.3. The van der Waals surface area contributed by atoms with Crippen LogP contribution in [0.15, 0.2) is 30.3 Å². The number of phenolic OH excluding ortho intramolecular Hbond substituents is 1. The summed E-state index contributed by atoms with van der Waals surface area (Å²) in [6.45, 7) is 3.75. The Balaban J connectivity index is 1.80. The smallest absolute Gasteiger partial charge is 0.326 e. The SMILES string of the molecule is CP(C)(=O)N1CC=C(c2ccc3cc(O)c(N4CC(=O)NS4(=O)=O)c(F)c3c2)C1. The van der Waals surface area contributed by atoms with E-state index in [1.807, 2.05) is 10.7 Å². The van der Waals surface area contributed by atoms with E-state index in [2.05, 4.69) is 0 Å². The van der Waals surface area contributed by atoms with E-state index in [1.165, 1.54) is 6.07 Å². The lowest BCUT2D eigenvalue weighted by molar-refractivity contribution is -0.117. The normalized spacial score (nSPS) is 19.6. The molecule has 1 fully saturated rings. The molecule has 2 aliphatic heterocycles. The average molecular weight is 439 g/mol. The van der Waals surface area contributed by atoms with Gasteiger partial charge in [-0.05, 0) is 28.7 Å². The van der Waals surface area contributed by atoms with Crippen molar-refractivity contribution in [2.75, 3.05) is 37.3 Å². The molecule has 2 N–H and O–H groups in total. The molecule has 0 unspecified atom stereocenters. The molecule has 2 heterocycles. The van der Waals surface area contributed by atoms with E-state index >= 15 is 4.39 Å². The third kappa shape index (κ3) is 3.41. The highest BCUT2D eigenvalue weighted by atomic mass is 32.2. The Hall–Kier alpha value is -2.42. The summed E-state index contributed by atoms with van der Waals surface area (Å²) in [5.74, 6) is -2.32. The number of aromatic hydroxyl groups is 1. The topological polar surface area (TPSA) is 107 Å². The van der Waals surface area contributed by atoms with Crippen molar-refractivity contribution in [3.63, 3.8) is 0 Å². The summed E-state index contributed by atoms with van der Waals surface area (Å²) in [6.07, 6.45) is 1.92. The van der Waals surface area contributed by atoms with Crippen molar-refractivity contribution >= 4 is 45.4 Å². The van der Waals surface area contributed by atoms with Crippen molar-refractivity contribution in [2.24, 2.45) is 0 Å². The molecule has 0 spiro atoms. The molecule has 0 radical (unpaired) electrons.